The minimum absolute atomic E-state index is 0.444. The van der Waals surface area contributed by atoms with Gasteiger partial charge in [-0.15, -0.1) is 0 Å². The van der Waals surface area contributed by atoms with Gasteiger partial charge in [0.2, 0.25) is 0 Å². The van der Waals surface area contributed by atoms with Gasteiger partial charge in [0, 0.05) is 11.2 Å². The molecule has 144 valence electrons. The Morgan fingerprint density at radius 3 is 2.43 bits per heavy atom. The molecule has 0 heterocycles. The zero-order chi connectivity index (χ0) is 20.1. The molecule has 0 bridgehead atoms. The van der Waals surface area contributed by atoms with Crippen molar-refractivity contribution in [3.63, 3.8) is 0 Å². The van der Waals surface area contributed by atoms with Crippen molar-refractivity contribution >= 4 is 46.1 Å². The lowest BCUT2D eigenvalue weighted by molar-refractivity contribution is 0.282. The number of nitrogens with zero attached hydrogens (tertiary/aromatic N) is 1. The van der Waals surface area contributed by atoms with Crippen LogP contribution in [0.3, 0.4) is 0 Å². The molecule has 0 fully saturated rings. The molecule has 3 aromatic rings. The fraction of sp³-hybridized carbons (Fsp3) is 0.174. The lowest BCUT2D eigenvalue weighted by atomic mass is 10.1. The van der Waals surface area contributed by atoms with Gasteiger partial charge in [0.1, 0.15) is 6.61 Å². The van der Waals surface area contributed by atoms with E-state index in [-0.39, 0.29) is 0 Å². The lowest BCUT2D eigenvalue weighted by Crippen LogP contribution is -2.00. The van der Waals surface area contributed by atoms with Gasteiger partial charge in [-0.05, 0) is 95.1 Å². The van der Waals surface area contributed by atoms with Gasteiger partial charge in [-0.25, -0.2) is 0 Å². The molecule has 0 aliphatic heterocycles. The smallest absolute Gasteiger partial charge is 0.174 e. The first-order valence-electron chi connectivity index (χ1n) is 8.82. The van der Waals surface area contributed by atoms with Crippen LogP contribution in [-0.2, 0) is 6.61 Å². The van der Waals surface area contributed by atoms with Crippen LogP contribution in [0.5, 0.6) is 11.5 Å². The highest BCUT2D eigenvalue weighted by molar-refractivity contribution is 14.1. The third-order valence-electron chi connectivity index (χ3n) is 4.40. The summed E-state index contributed by atoms with van der Waals surface area (Å²) < 4.78 is 12.5. The number of hydrogen-bond acceptors (Lipinski definition) is 3. The number of aliphatic imine (C=N–C) groups is 1. The van der Waals surface area contributed by atoms with Crippen LogP contribution in [0.1, 0.15) is 22.3 Å². The molecule has 0 amide bonds. The predicted octanol–water partition coefficient (Wildman–Crippen LogP) is 6.90. The predicted molar refractivity (Wildman–Crippen MR) is 125 cm³/mol. The average molecular weight is 506 g/mol. The second-order valence-corrected chi connectivity index (χ2v) is 8.07. The SMILES string of the molecule is COc1cc(C=Nc2ccc(C)c(C)c2)cc(I)c1OCc1ccc(Cl)cc1. The summed E-state index contributed by atoms with van der Waals surface area (Å²) in [5, 5.41) is 0.711. The third kappa shape index (κ3) is 5.26. The van der Waals surface area contributed by atoms with Gasteiger partial charge in [0.15, 0.2) is 11.5 Å². The zero-order valence-electron chi connectivity index (χ0n) is 16.0. The van der Waals surface area contributed by atoms with E-state index >= 15 is 0 Å². The molecule has 0 atom stereocenters. The standard InChI is InChI=1S/C23H21ClINO2/c1-15-4-9-20(10-16(15)2)26-13-18-11-21(25)23(22(12-18)27-3)28-14-17-5-7-19(24)8-6-17/h4-13H,14H2,1-3H3. The van der Waals surface area contributed by atoms with E-state index in [4.69, 9.17) is 21.1 Å². The van der Waals surface area contributed by atoms with E-state index < -0.39 is 0 Å². The molecule has 3 nitrogen and oxygen atoms in total. The van der Waals surface area contributed by atoms with Gasteiger partial charge < -0.3 is 9.47 Å². The van der Waals surface area contributed by atoms with Crippen LogP contribution in [0.4, 0.5) is 5.69 Å². The molecule has 0 N–H and O–H groups in total. The van der Waals surface area contributed by atoms with Crippen LogP contribution in [0.25, 0.3) is 0 Å². The number of rotatable bonds is 6. The number of halogens is 2. The Morgan fingerprint density at radius 1 is 1.00 bits per heavy atom. The van der Waals surface area contributed by atoms with Crippen LogP contribution in [0.15, 0.2) is 59.6 Å². The minimum Gasteiger partial charge on any atom is -0.493 e. The number of benzene rings is 3. The van der Waals surface area contributed by atoms with Gasteiger partial charge in [-0.3, -0.25) is 4.99 Å². The first kappa shape index (κ1) is 20.7. The zero-order valence-corrected chi connectivity index (χ0v) is 18.9. The molecule has 0 saturated carbocycles. The van der Waals surface area contributed by atoms with Crippen LogP contribution in [0, 0.1) is 17.4 Å². The van der Waals surface area contributed by atoms with Crippen LogP contribution < -0.4 is 9.47 Å². The van der Waals surface area contributed by atoms with E-state index in [0.29, 0.717) is 17.4 Å². The second-order valence-electron chi connectivity index (χ2n) is 6.48. The van der Waals surface area contributed by atoms with E-state index in [9.17, 15) is 0 Å². The van der Waals surface area contributed by atoms with Gasteiger partial charge in [-0.1, -0.05) is 29.8 Å². The summed E-state index contributed by atoms with van der Waals surface area (Å²) in [4.78, 5) is 4.59. The molecule has 3 aromatic carbocycles. The van der Waals surface area contributed by atoms with Crippen LogP contribution >= 0.6 is 34.2 Å². The van der Waals surface area contributed by atoms with E-state index in [1.54, 1.807) is 7.11 Å². The Labute approximate surface area is 184 Å². The molecule has 0 aromatic heterocycles. The summed E-state index contributed by atoms with van der Waals surface area (Å²) in [7, 11) is 1.64. The molecule has 0 aliphatic rings. The number of methoxy groups -OCH3 is 1. The van der Waals surface area contributed by atoms with Gasteiger partial charge in [0.25, 0.3) is 0 Å². The normalized spacial score (nSPS) is 11.0. The van der Waals surface area contributed by atoms with Crippen LogP contribution in [0.2, 0.25) is 5.02 Å². The maximum atomic E-state index is 6.01. The largest absolute Gasteiger partial charge is 0.493 e. The summed E-state index contributed by atoms with van der Waals surface area (Å²) in [6.07, 6.45) is 1.85. The highest BCUT2D eigenvalue weighted by atomic mass is 127. The van der Waals surface area contributed by atoms with Crippen molar-refractivity contribution in [1.29, 1.82) is 0 Å². The molecule has 0 saturated heterocycles. The molecule has 28 heavy (non-hydrogen) atoms. The molecular weight excluding hydrogens is 485 g/mol. The molecule has 0 aliphatic carbocycles. The Balaban J connectivity index is 1.79. The van der Waals surface area contributed by atoms with E-state index in [2.05, 4.69) is 53.6 Å². The number of ether oxygens (including phenoxy) is 2. The van der Waals surface area contributed by atoms with Crippen molar-refractivity contribution in [2.45, 2.75) is 20.5 Å². The molecule has 3 rings (SSSR count). The van der Waals surface area contributed by atoms with Gasteiger partial charge >= 0.3 is 0 Å². The molecule has 0 unspecified atom stereocenters. The summed E-state index contributed by atoms with van der Waals surface area (Å²) in [5.74, 6) is 1.41. The summed E-state index contributed by atoms with van der Waals surface area (Å²) >= 11 is 8.19. The van der Waals surface area contributed by atoms with Crippen molar-refractivity contribution in [2.75, 3.05) is 7.11 Å². The van der Waals surface area contributed by atoms with Crippen molar-refractivity contribution in [3.8, 4) is 11.5 Å². The number of aryl methyl sites for hydroxylation is 2. The highest BCUT2D eigenvalue weighted by Gasteiger charge is 2.11. The molecule has 5 heteroatoms. The van der Waals surface area contributed by atoms with Crippen molar-refractivity contribution in [2.24, 2.45) is 4.99 Å². The topological polar surface area (TPSA) is 30.8 Å². The maximum absolute atomic E-state index is 6.01. The maximum Gasteiger partial charge on any atom is 0.174 e. The lowest BCUT2D eigenvalue weighted by Gasteiger charge is -2.13. The quantitative estimate of drug-likeness (QED) is 0.269. The fourth-order valence-corrected chi connectivity index (χ4v) is 3.55. The number of hydrogen-bond donors (Lipinski definition) is 0. The van der Waals surface area contributed by atoms with E-state index in [1.165, 1.54) is 11.1 Å². The van der Waals surface area contributed by atoms with Crippen molar-refractivity contribution < 1.29 is 9.47 Å². The summed E-state index contributed by atoms with van der Waals surface area (Å²) in [6, 6.07) is 17.8. The minimum atomic E-state index is 0.444. The Hall–Kier alpha value is -2.05. The summed E-state index contributed by atoms with van der Waals surface area (Å²) in [6.45, 7) is 4.63. The van der Waals surface area contributed by atoms with Gasteiger partial charge in [-0.2, -0.15) is 0 Å². The molecule has 0 radical (unpaired) electrons. The van der Waals surface area contributed by atoms with Crippen molar-refractivity contribution in [1.82, 2.24) is 0 Å². The monoisotopic (exact) mass is 505 g/mol. The molecular formula is C23H21ClINO2. The second kappa shape index (κ2) is 9.43. The van der Waals surface area contributed by atoms with Crippen LogP contribution in [-0.4, -0.2) is 13.3 Å². The fourth-order valence-electron chi connectivity index (χ4n) is 2.65. The Kier molecular flexibility index (Phi) is 6.97. The average Bonchev–Trinajstić information content (AvgIpc) is 2.69. The first-order valence-corrected chi connectivity index (χ1v) is 10.3. The Morgan fingerprint density at radius 2 is 1.75 bits per heavy atom. The van der Waals surface area contributed by atoms with Gasteiger partial charge in [0.05, 0.1) is 16.4 Å². The van der Waals surface area contributed by atoms with Crippen molar-refractivity contribution in [3.05, 3.63) is 85.4 Å². The van der Waals surface area contributed by atoms with E-state index in [1.807, 2.05) is 48.7 Å². The van der Waals surface area contributed by atoms with E-state index in [0.717, 1.165) is 26.1 Å². The Bertz CT molecular complexity index is 1000. The highest BCUT2D eigenvalue weighted by Crippen LogP contribution is 2.34. The first-order chi connectivity index (χ1) is 13.5. The molecule has 0 spiro atoms. The summed E-state index contributed by atoms with van der Waals surface area (Å²) in [5.41, 5.74) is 5.42. The third-order valence-corrected chi connectivity index (χ3v) is 5.45.